The molecule has 10 heteroatoms. The fourth-order valence-electron chi connectivity index (χ4n) is 2.60. The van der Waals surface area contributed by atoms with Gasteiger partial charge in [0.05, 0.1) is 40.2 Å². The Kier molecular flexibility index (Phi) is 36.7. The number of hydrogen-bond donors (Lipinski definition) is 4. The van der Waals surface area contributed by atoms with Crippen LogP contribution in [0.3, 0.4) is 0 Å². The summed E-state index contributed by atoms with van der Waals surface area (Å²) in [7, 11) is 13.6. The van der Waals surface area contributed by atoms with Gasteiger partial charge in [0.2, 0.25) is 0 Å². The molecule has 0 saturated heterocycles. The van der Waals surface area contributed by atoms with Crippen molar-refractivity contribution in [3.05, 3.63) is 0 Å². The van der Waals surface area contributed by atoms with E-state index in [1.54, 1.807) is 0 Å². The number of aliphatic hydroxyl groups excluding tert-OH is 3. The zero-order chi connectivity index (χ0) is 27.5. The van der Waals surface area contributed by atoms with E-state index in [1.165, 1.54) is 0 Å². The van der Waals surface area contributed by atoms with Crippen molar-refractivity contribution in [2.45, 2.75) is 47.5 Å². The molecule has 34 heavy (non-hydrogen) atoms. The first-order valence-corrected chi connectivity index (χ1v) is 12.4. The van der Waals surface area contributed by atoms with Crippen LogP contribution in [0.15, 0.2) is 0 Å². The molecule has 0 aliphatic heterocycles. The van der Waals surface area contributed by atoms with Gasteiger partial charge in [0, 0.05) is 6.67 Å². The first-order valence-electron chi connectivity index (χ1n) is 12.4. The van der Waals surface area contributed by atoms with Crippen LogP contribution < -0.4 is 5.32 Å². The van der Waals surface area contributed by atoms with Gasteiger partial charge in [-0.05, 0) is 81.2 Å². The third-order valence-electron chi connectivity index (χ3n) is 3.81. The zero-order valence-corrected chi connectivity index (χ0v) is 24.9. The van der Waals surface area contributed by atoms with Gasteiger partial charge < -0.3 is 20.6 Å². The summed E-state index contributed by atoms with van der Waals surface area (Å²) in [6, 6.07) is 0. The summed E-state index contributed by atoms with van der Waals surface area (Å²) in [5, 5.41) is 28.9. The van der Waals surface area contributed by atoms with Crippen molar-refractivity contribution < 1.29 is 15.3 Å². The Morgan fingerprint density at radius 3 is 1.03 bits per heavy atom. The molecule has 0 aromatic rings. The highest BCUT2D eigenvalue weighted by molar-refractivity contribution is 4.48. The molecule has 0 aliphatic carbocycles. The minimum atomic E-state index is 0.105. The van der Waals surface area contributed by atoms with Crippen molar-refractivity contribution in [3.8, 4) is 0 Å². The van der Waals surface area contributed by atoms with Crippen molar-refractivity contribution in [1.82, 2.24) is 34.7 Å². The fourth-order valence-corrected chi connectivity index (χ4v) is 2.60. The number of aliphatic hydroxyl groups is 3. The summed E-state index contributed by atoms with van der Waals surface area (Å²) in [5.41, 5.74) is 0. The van der Waals surface area contributed by atoms with E-state index in [4.69, 9.17) is 15.3 Å². The van der Waals surface area contributed by atoms with Gasteiger partial charge in [0.25, 0.3) is 0 Å². The Labute approximate surface area is 213 Å². The Hall–Kier alpha value is -0.400. The van der Waals surface area contributed by atoms with E-state index in [2.05, 4.69) is 68.7 Å². The largest absolute Gasteiger partial charge is 0.381 e. The van der Waals surface area contributed by atoms with Crippen LogP contribution in [0.2, 0.25) is 0 Å². The third kappa shape index (κ3) is 41.8. The Morgan fingerprint density at radius 1 is 0.559 bits per heavy atom. The Morgan fingerprint density at radius 2 is 0.824 bits per heavy atom. The summed E-state index contributed by atoms with van der Waals surface area (Å²) >= 11 is 0. The molecule has 0 aromatic heterocycles. The van der Waals surface area contributed by atoms with Gasteiger partial charge >= 0.3 is 0 Å². The molecule has 0 amide bonds. The summed E-state index contributed by atoms with van der Waals surface area (Å²) in [5.74, 6) is 0.833. The van der Waals surface area contributed by atoms with Gasteiger partial charge in [-0.25, -0.2) is 0 Å². The lowest BCUT2D eigenvalue weighted by atomic mass is 10.3. The van der Waals surface area contributed by atoms with Gasteiger partial charge in [0.15, 0.2) is 0 Å². The first kappa shape index (κ1) is 40.8. The number of hydrogen-bond acceptors (Lipinski definition) is 10. The van der Waals surface area contributed by atoms with Crippen LogP contribution in [0.25, 0.3) is 0 Å². The molecular weight excluding hydrogens is 434 g/mol. The minimum absolute atomic E-state index is 0.105. The molecule has 0 heterocycles. The highest BCUT2D eigenvalue weighted by Gasteiger charge is 2.00. The van der Waals surface area contributed by atoms with Crippen LogP contribution in [-0.4, -0.2) is 154 Å². The van der Waals surface area contributed by atoms with Crippen molar-refractivity contribution in [3.63, 3.8) is 0 Å². The molecule has 0 saturated carbocycles. The molecule has 0 aromatic carbocycles. The molecule has 212 valence electrons. The average molecular weight is 498 g/mol. The van der Waals surface area contributed by atoms with Gasteiger partial charge in [-0.15, -0.1) is 0 Å². The van der Waals surface area contributed by atoms with Crippen molar-refractivity contribution in [2.24, 2.45) is 5.92 Å². The molecule has 0 bridgehead atoms. The van der Waals surface area contributed by atoms with Crippen molar-refractivity contribution in [1.29, 1.82) is 0 Å². The van der Waals surface area contributed by atoms with E-state index in [1.807, 2.05) is 49.9 Å². The molecule has 0 fully saturated rings. The third-order valence-corrected chi connectivity index (χ3v) is 3.81. The monoisotopic (exact) mass is 497 g/mol. The van der Waals surface area contributed by atoms with Crippen LogP contribution in [0.4, 0.5) is 0 Å². The second kappa shape index (κ2) is 30.6. The first-order chi connectivity index (χ1) is 15.8. The number of nitrogens with zero attached hydrogens (tertiary/aromatic N) is 6. The van der Waals surface area contributed by atoms with E-state index in [-0.39, 0.29) is 20.2 Å². The zero-order valence-electron chi connectivity index (χ0n) is 24.9. The van der Waals surface area contributed by atoms with E-state index in [0.717, 1.165) is 58.5 Å². The van der Waals surface area contributed by atoms with Crippen LogP contribution in [-0.2, 0) is 0 Å². The van der Waals surface area contributed by atoms with E-state index in [9.17, 15) is 0 Å². The lowest BCUT2D eigenvalue weighted by molar-refractivity contribution is 0.0796. The average Bonchev–Trinajstić information content (AvgIpc) is 2.74. The lowest BCUT2D eigenvalue weighted by Crippen LogP contribution is -2.37. The second-order valence-corrected chi connectivity index (χ2v) is 9.68. The normalized spacial score (nSPS) is 11.1. The SMILES string of the molecule is CC(C)C.CCCN(C)CN(C)CO.CCCN(C)CN(C)CO.CNCN(C)CN(C)CO. The highest BCUT2D eigenvalue weighted by atomic mass is 16.3. The summed E-state index contributed by atoms with van der Waals surface area (Å²) in [6.45, 7) is 16.6. The molecule has 0 spiro atoms. The molecule has 0 unspecified atom stereocenters. The molecule has 10 nitrogen and oxygen atoms in total. The summed E-state index contributed by atoms with van der Waals surface area (Å²) in [4.78, 5) is 11.9. The molecule has 4 N–H and O–H groups in total. The lowest BCUT2D eigenvalue weighted by Gasteiger charge is -2.21. The molecule has 0 atom stereocenters. The van der Waals surface area contributed by atoms with Gasteiger partial charge in [-0.1, -0.05) is 34.6 Å². The minimum Gasteiger partial charge on any atom is -0.381 e. The molecule has 0 radical (unpaired) electrons. The van der Waals surface area contributed by atoms with Gasteiger partial charge in [-0.2, -0.15) is 0 Å². The van der Waals surface area contributed by atoms with E-state index in [0.29, 0.717) is 0 Å². The van der Waals surface area contributed by atoms with Crippen LogP contribution in [0.5, 0.6) is 0 Å². The topological polar surface area (TPSA) is 92.2 Å². The highest BCUT2D eigenvalue weighted by Crippen LogP contribution is 1.89. The van der Waals surface area contributed by atoms with Gasteiger partial charge in [0.1, 0.15) is 0 Å². The summed E-state index contributed by atoms with van der Waals surface area (Å²) < 4.78 is 0. The predicted octanol–water partition coefficient (Wildman–Crippen LogP) is 0.931. The Balaban J connectivity index is -0.000000184. The molecule has 0 rings (SSSR count). The predicted molar refractivity (Wildman–Crippen MR) is 147 cm³/mol. The van der Waals surface area contributed by atoms with Crippen LogP contribution in [0.1, 0.15) is 47.5 Å². The smallest absolute Gasteiger partial charge is 0.0964 e. The van der Waals surface area contributed by atoms with E-state index < -0.39 is 0 Å². The number of nitrogens with one attached hydrogen (secondary N) is 1. The number of rotatable bonds is 15. The summed E-state index contributed by atoms with van der Waals surface area (Å²) in [6.07, 6.45) is 2.32. The van der Waals surface area contributed by atoms with Crippen LogP contribution in [0, 0.1) is 5.92 Å². The van der Waals surface area contributed by atoms with Gasteiger partial charge in [-0.3, -0.25) is 29.4 Å². The van der Waals surface area contributed by atoms with Crippen molar-refractivity contribution >= 4 is 0 Å². The maximum atomic E-state index is 8.65. The second-order valence-electron chi connectivity index (χ2n) is 9.68. The maximum absolute atomic E-state index is 8.65. The van der Waals surface area contributed by atoms with Crippen molar-refractivity contribution in [2.75, 3.05) is 109 Å². The maximum Gasteiger partial charge on any atom is 0.0964 e. The van der Waals surface area contributed by atoms with E-state index >= 15 is 0 Å². The fraction of sp³-hybridized carbons (Fsp3) is 1.00. The standard InChI is InChI=1S/2C7H18N2O.C6H17N3O.C4H10/c2*1-4-5-8(2)6-9(3)7-10;1-7-4-8(2)5-9(3)6-10;1-4(2)3/h2*10H,4-7H2,1-3H3;7,10H,4-6H2,1-3H3;4H,1-3H3. The molecular formula is C24H63N7O3. The Bertz CT molecular complexity index is 319. The van der Waals surface area contributed by atoms with Crippen LogP contribution >= 0.6 is 0 Å². The molecule has 0 aliphatic rings. The quantitative estimate of drug-likeness (QED) is 0.245.